The normalized spacial score (nSPS) is 18.8. The van der Waals surface area contributed by atoms with Crippen LogP contribution in [-0.4, -0.2) is 18.8 Å². The van der Waals surface area contributed by atoms with Crippen molar-refractivity contribution in [1.29, 1.82) is 5.41 Å². The van der Waals surface area contributed by atoms with E-state index in [1.165, 1.54) is 18.4 Å². The van der Waals surface area contributed by atoms with Crippen molar-refractivity contribution in [3.63, 3.8) is 0 Å². The van der Waals surface area contributed by atoms with Gasteiger partial charge in [0.25, 0.3) is 0 Å². The van der Waals surface area contributed by atoms with Gasteiger partial charge in [-0.3, -0.25) is 0 Å². The Bertz CT molecular complexity index is 575. The van der Waals surface area contributed by atoms with Gasteiger partial charge in [0.15, 0.2) is 0 Å². The molecule has 0 saturated carbocycles. The Balaban J connectivity index is 2.03. The summed E-state index contributed by atoms with van der Waals surface area (Å²) in [5, 5.41) is 14.8. The molecule has 1 fully saturated rings. The number of anilines is 1. The molecule has 1 aliphatic heterocycles. The summed E-state index contributed by atoms with van der Waals surface area (Å²) in [5.74, 6) is 0.632. The van der Waals surface area contributed by atoms with Crippen LogP contribution in [0.5, 0.6) is 0 Å². The summed E-state index contributed by atoms with van der Waals surface area (Å²) in [6, 6.07) is 8.64. The lowest BCUT2D eigenvalue weighted by atomic mass is 9.92. The summed E-state index contributed by atoms with van der Waals surface area (Å²) in [6.07, 6.45) is 10.6. The van der Waals surface area contributed by atoms with Crippen molar-refractivity contribution in [2.24, 2.45) is 0 Å². The molecule has 122 valence electrons. The van der Waals surface area contributed by atoms with Crippen molar-refractivity contribution < 1.29 is 0 Å². The molecule has 0 aromatic heterocycles. The fraction of sp³-hybridized carbons (Fsp3) is 0.350. The van der Waals surface area contributed by atoms with Crippen molar-refractivity contribution in [3.05, 3.63) is 66.4 Å². The summed E-state index contributed by atoms with van der Waals surface area (Å²) in [7, 11) is 0. The third kappa shape index (κ3) is 5.22. The molecule has 3 N–H and O–H groups in total. The molecular formula is C20H27N3. The van der Waals surface area contributed by atoms with Gasteiger partial charge in [-0.1, -0.05) is 43.9 Å². The predicted octanol–water partition coefficient (Wildman–Crippen LogP) is 4.62. The summed E-state index contributed by atoms with van der Waals surface area (Å²) >= 11 is 0. The minimum absolute atomic E-state index is 0.612. The van der Waals surface area contributed by atoms with E-state index in [9.17, 15) is 0 Å². The molecule has 1 aromatic carbocycles. The van der Waals surface area contributed by atoms with Crippen LogP contribution in [0.2, 0.25) is 0 Å². The Morgan fingerprint density at radius 1 is 1.39 bits per heavy atom. The molecule has 1 saturated heterocycles. The molecule has 1 atom stereocenters. The number of hydrogen-bond acceptors (Lipinski definition) is 3. The average Bonchev–Trinajstić information content (AvgIpc) is 2.62. The van der Waals surface area contributed by atoms with Gasteiger partial charge in [-0.25, -0.2) is 0 Å². The number of rotatable bonds is 7. The number of benzene rings is 1. The van der Waals surface area contributed by atoms with Crippen LogP contribution >= 0.6 is 0 Å². The molecule has 0 bridgehead atoms. The van der Waals surface area contributed by atoms with E-state index in [2.05, 4.69) is 41.5 Å². The molecule has 0 aliphatic carbocycles. The van der Waals surface area contributed by atoms with Gasteiger partial charge in [-0.05, 0) is 49.4 Å². The fourth-order valence-corrected chi connectivity index (χ4v) is 2.76. The minimum Gasteiger partial charge on any atom is -0.361 e. The highest BCUT2D eigenvalue weighted by Crippen LogP contribution is 2.24. The standard InChI is InChI=1S/C20H27N3/c1-3-5-7-18(20(21)4-2)15-23-19-11-9-16(10-12-19)17-8-6-13-22-14-17/h3,5,7,9-12,15,17,21-23H,1,4,6,8,13-14H2,2H3/b7-5-,18-15-,21-20?. The van der Waals surface area contributed by atoms with E-state index in [-0.39, 0.29) is 0 Å². The molecule has 0 radical (unpaired) electrons. The molecule has 3 nitrogen and oxygen atoms in total. The van der Waals surface area contributed by atoms with E-state index in [0.717, 1.165) is 24.4 Å². The zero-order valence-corrected chi connectivity index (χ0v) is 13.9. The van der Waals surface area contributed by atoms with Crippen LogP contribution < -0.4 is 10.6 Å². The topological polar surface area (TPSA) is 47.9 Å². The maximum Gasteiger partial charge on any atom is 0.0398 e. The van der Waals surface area contributed by atoms with Gasteiger partial charge >= 0.3 is 0 Å². The molecular weight excluding hydrogens is 282 g/mol. The number of piperidine rings is 1. The summed E-state index contributed by atoms with van der Waals surface area (Å²) in [6.45, 7) is 7.90. The third-order valence-corrected chi connectivity index (χ3v) is 4.19. The van der Waals surface area contributed by atoms with Gasteiger partial charge in [0, 0.05) is 29.7 Å². The van der Waals surface area contributed by atoms with Crippen LogP contribution in [0.25, 0.3) is 0 Å². The number of hydrogen-bond donors (Lipinski definition) is 3. The van der Waals surface area contributed by atoms with Crippen LogP contribution in [-0.2, 0) is 0 Å². The summed E-state index contributed by atoms with van der Waals surface area (Å²) in [5.41, 5.74) is 3.94. The first kappa shape index (κ1) is 17.2. The van der Waals surface area contributed by atoms with Crippen molar-refractivity contribution in [1.82, 2.24) is 5.32 Å². The summed E-state index contributed by atoms with van der Waals surface area (Å²) in [4.78, 5) is 0. The Morgan fingerprint density at radius 3 is 2.78 bits per heavy atom. The monoisotopic (exact) mass is 309 g/mol. The lowest BCUT2D eigenvalue weighted by Crippen LogP contribution is -2.28. The molecule has 0 amide bonds. The fourth-order valence-electron chi connectivity index (χ4n) is 2.76. The number of allylic oxidation sites excluding steroid dienone is 4. The van der Waals surface area contributed by atoms with Gasteiger partial charge < -0.3 is 16.0 Å². The van der Waals surface area contributed by atoms with E-state index in [1.807, 2.05) is 25.3 Å². The lowest BCUT2D eigenvalue weighted by Gasteiger charge is -2.23. The smallest absolute Gasteiger partial charge is 0.0398 e. The SMILES string of the molecule is C=C/C=C\C(=C\Nc1ccc(C2CCCNC2)cc1)C(=N)CC. The predicted molar refractivity (Wildman–Crippen MR) is 100 cm³/mol. The van der Waals surface area contributed by atoms with Gasteiger partial charge in [0.1, 0.15) is 0 Å². The zero-order valence-electron chi connectivity index (χ0n) is 13.9. The van der Waals surface area contributed by atoms with Crippen LogP contribution in [0.3, 0.4) is 0 Å². The van der Waals surface area contributed by atoms with Gasteiger partial charge in [-0.2, -0.15) is 0 Å². The number of nitrogens with one attached hydrogen (secondary N) is 3. The molecule has 1 heterocycles. The molecule has 23 heavy (non-hydrogen) atoms. The van der Waals surface area contributed by atoms with Gasteiger partial charge in [0.2, 0.25) is 0 Å². The lowest BCUT2D eigenvalue weighted by molar-refractivity contribution is 0.461. The second-order valence-corrected chi connectivity index (χ2v) is 5.84. The Kier molecular flexibility index (Phi) is 6.82. The first-order valence-corrected chi connectivity index (χ1v) is 8.39. The minimum atomic E-state index is 0.612. The Hall–Kier alpha value is -2.13. The van der Waals surface area contributed by atoms with E-state index in [0.29, 0.717) is 18.1 Å². The largest absolute Gasteiger partial charge is 0.361 e. The van der Waals surface area contributed by atoms with E-state index >= 15 is 0 Å². The Morgan fingerprint density at radius 2 is 2.17 bits per heavy atom. The molecule has 1 unspecified atom stereocenters. The molecule has 2 rings (SSSR count). The van der Waals surface area contributed by atoms with Crippen LogP contribution in [0.15, 0.2) is 60.8 Å². The highest BCUT2D eigenvalue weighted by Gasteiger charge is 2.14. The Labute approximate surface area is 139 Å². The zero-order chi connectivity index (χ0) is 16.5. The van der Waals surface area contributed by atoms with Crippen LogP contribution in [0.1, 0.15) is 37.7 Å². The average molecular weight is 309 g/mol. The quantitative estimate of drug-likeness (QED) is 0.508. The summed E-state index contributed by atoms with van der Waals surface area (Å²) < 4.78 is 0. The van der Waals surface area contributed by atoms with Crippen molar-refractivity contribution >= 4 is 11.4 Å². The third-order valence-electron chi connectivity index (χ3n) is 4.19. The van der Waals surface area contributed by atoms with Crippen molar-refractivity contribution in [2.75, 3.05) is 18.4 Å². The van der Waals surface area contributed by atoms with E-state index in [4.69, 9.17) is 5.41 Å². The van der Waals surface area contributed by atoms with Crippen LogP contribution in [0.4, 0.5) is 5.69 Å². The van der Waals surface area contributed by atoms with Gasteiger partial charge in [0.05, 0.1) is 0 Å². The van der Waals surface area contributed by atoms with Crippen molar-refractivity contribution in [2.45, 2.75) is 32.1 Å². The highest BCUT2D eigenvalue weighted by atomic mass is 14.9. The molecule has 3 heteroatoms. The molecule has 1 aliphatic rings. The van der Waals surface area contributed by atoms with Gasteiger partial charge in [-0.15, -0.1) is 0 Å². The first-order valence-electron chi connectivity index (χ1n) is 8.39. The molecule has 1 aromatic rings. The first-order chi connectivity index (χ1) is 11.2. The highest BCUT2D eigenvalue weighted by molar-refractivity contribution is 6.00. The van der Waals surface area contributed by atoms with Crippen LogP contribution in [0, 0.1) is 5.41 Å². The second kappa shape index (κ2) is 9.11. The van der Waals surface area contributed by atoms with Crippen molar-refractivity contribution in [3.8, 4) is 0 Å². The van der Waals surface area contributed by atoms with E-state index < -0.39 is 0 Å². The maximum absolute atomic E-state index is 8.01. The second-order valence-electron chi connectivity index (χ2n) is 5.84. The molecule has 0 spiro atoms. The van der Waals surface area contributed by atoms with E-state index in [1.54, 1.807) is 6.08 Å². The maximum atomic E-state index is 8.01.